The second kappa shape index (κ2) is 5.14. The van der Waals surface area contributed by atoms with Crippen molar-refractivity contribution in [2.24, 2.45) is 5.14 Å². The molecule has 0 bridgehead atoms. The summed E-state index contributed by atoms with van der Waals surface area (Å²) in [5, 5.41) is 6.74. The molecule has 0 aliphatic heterocycles. The van der Waals surface area contributed by atoms with Crippen molar-refractivity contribution in [1.29, 1.82) is 0 Å². The molecule has 0 unspecified atom stereocenters. The Morgan fingerprint density at radius 2 is 1.56 bits per heavy atom. The normalized spacial score (nSPS) is 11.1. The second-order valence-corrected chi connectivity index (χ2v) is 5.60. The van der Waals surface area contributed by atoms with Crippen LogP contribution >= 0.6 is 12.4 Å². The van der Waals surface area contributed by atoms with E-state index in [1.165, 1.54) is 6.07 Å². The Balaban J connectivity index is 0.00000162. The summed E-state index contributed by atoms with van der Waals surface area (Å²) in [7, 11) is 0.140. The molecule has 18 heavy (non-hydrogen) atoms. The lowest BCUT2D eigenvalue weighted by Crippen LogP contribution is -2.13. The van der Waals surface area contributed by atoms with Gasteiger partial charge in [-0.3, -0.25) is 0 Å². The third kappa shape index (κ3) is 2.58. The summed E-state index contributed by atoms with van der Waals surface area (Å²) in [5.74, 6) is 0. The van der Waals surface area contributed by atoms with Crippen LogP contribution in [0.4, 0.5) is 5.69 Å². The number of nitrogens with two attached hydrogens (primary N) is 1. The Morgan fingerprint density at radius 1 is 1.00 bits per heavy atom. The molecule has 0 saturated heterocycles. The minimum absolute atomic E-state index is 0. The van der Waals surface area contributed by atoms with Gasteiger partial charge in [-0.2, -0.15) is 0 Å². The van der Waals surface area contributed by atoms with Gasteiger partial charge in [-0.15, -0.1) is 12.4 Å². The van der Waals surface area contributed by atoms with Crippen LogP contribution in [-0.4, -0.2) is 22.5 Å². The third-order valence-corrected chi connectivity index (χ3v) is 3.62. The molecule has 2 rings (SSSR count). The van der Waals surface area contributed by atoms with Crippen LogP contribution in [0.3, 0.4) is 0 Å². The van der Waals surface area contributed by atoms with Crippen molar-refractivity contribution in [2.75, 3.05) is 19.0 Å². The largest absolute Gasteiger partial charge is 0.377 e. The number of nitrogens with zero attached hydrogens (tertiary/aromatic N) is 1. The monoisotopic (exact) mass is 286 g/mol. The lowest BCUT2D eigenvalue weighted by Gasteiger charge is -2.16. The second-order valence-electron chi connectivity index (χ2n) is 4.07. The third-order valence-electron chi connectivity index (χ3n) is 2.65. The van der Waals surface area contributed by atoms with Crippen molar-refractivity contribution in [3.63, 3.8) is 0 Å². The van der Waals surface area contributed by atoms with E-state index in [-0.39, 0.29) is 17.3 Å². The van der Waals surface area contributed by atoms with Crippen molar-refractivity contribution in [1.82, 2.24) is 0 Å². The van der Waals surface area contributed by atoms with Gasteiger partial charge in [0.05, 0.1) is 4.90 Å². The molecule has 0 fully saturated rings. The number of hydrogen-bond donors (Lipinski definition) is 1. The number of fused-ring (bicyclic) bond motifs is 1. The zero-order chi connectivity index (χ0) is 12.6. The Bertz CT molecular complexity index is 669. The lowest BCUT2D eigenvalue weighted by molar-refractivity contribution is 0.598. The Hall–Kier alpha value is -1.30. The predicted octanol–water partition coefficient (Wildman–Crippen LogP) is 1.98. The highest BCUT2D eigenvalue weighted by Crippen LogP contribution is 2.29. The number of rotatable bonds is 2. The molecule has 6 heteroatoms. The number of benzene rings is 2. The van der Waals surface area contributed by atoms with Crippen LogP contribution in [-0.2, 0) is 10.0 Å². The van der Waals surface area contributed by atoms with Crippen LogP contribution in [0.5, 0.6) is 0 Å². The zero-order valence-electron chi connectivity index (χ0n) is 10.1. The molecule has 0 radical (unpaired) electrons. The van der Waals surface area contributed by atoms with Gasteiger partial charge < -0.3 is 4.90 Å². The highest BCUT2D eigenvalue weighted by Gasteiger charge is 2.13. The minimum atomic E-state index is -3.69. The summed E-state index contributed by atoms with van der Waals surface area (Å²) in [5.41, 5.74) is 0.966. The molecule has 0 amide bonds. The molecule has 2 aromatic rings. The molecule has 0 heterocycles. The maximum absolute atomic E-state index is 11.5. The molecule has 0 aromatic heterocycles. The molecular weight excluding hydrogens is 272 g/mol. The number of sulfonamides is 1. The first kappa shape index (κ1) is 14.8. The predicted molar refractivity (Wildman–Crippen MR) is 76.9 cm³/mol. The Morgan fingerprint density at radius 3 is 2.11 bits per heavy atom. The van der Waals surface area contributed by atoms with Gasteiger partial charge >= 0.3 is 0 Å². The van der Waals surface area contributed by atoms with Gasteiger partial charge in [0.2, 0.25) is 10.0 Å². The van der Waals surface area contributed by atoms with Gasteiger partial charge in [0.1, 0.15) is 0 Å². The number of hydrogen-bond acceptors (Lipinski definition) is 3. The summed E-state index contributed by atoms with van der Waals surface area (Å²) in [6.07, 6.45) is 0. The van der Waals surface area contributed by atoms with E-state index in [1.807, 2.05) is 37.2 Å². The molecule has 4 nitrogen and oxygen atoms in total. The Kier molecular flexibility index (Phi) is 4.21. The van der Waals surface area contributed by atoms with E-state index in [9.17, 15) is 8.42 Å². The fraction of sp³-hybridized carbons (Fsp3) is 0.167. The standard InChI is InChI=1S/C12H14N2O2S.ClH/c1-14(2)11-7-3-6-10-9(11)5-4-8-12(10)17(13,15)16;/h3-8H,1-2H3,(H2,13,15,16);1H. The molecular formula is C12H15ClN2O2S. The average Bonchev–Trinajstić information content (AvgIpc) is 2.26. The molecule has 98 valence electrons. The maximum Gasteiger partial charge on any atom is 0.238 e. The molecule has 2 N–H and O–H groups in total. The zero-order valence-corrected chi connectivity index (χ0v) is 11.8. The van der Waals surface area contributed by atoms with E-state index in [0.717, 1.165) is 11.1 Å². The van der Waals surface area contributed by atoms with Gasteiger partial charge in [-0.25, -0.2) is 13.6 Å². The summed E-state index contributed by atoms with van der Waals surface area (Å²) < 4.78 is 23.0. The fourth-order valence-corrected chi connectivity index (χ4v) is 2.66. The minimum Gasteiger partial charge on any atom is -0.377 e. The topological polar surface area (TPSA) is 63.4 Å². The van der Waals surface area contributed by atoms with Crippen LogP contribution in [0, 0.1) is 0 Å². The van der Waals surface area contributed by atoms with E-state index < -0.39 is 10.0 Å². The summed E-state index contributed by atoms with van der Waals surface area (Å²) >= 11 is 0. The van der Waals surface area contributed by atoms with E-state index >= 15 is 0 Å². The van der Waals surface area contributed by atoms with Crippen LogP contribution in [0.15, 0.2) is 41.3 Å². The summed E-state index contributed by atoms with van der Waals surface area (Å²) in [4.78, 5) is 2.11. The van der Waals surface area contributed by atoms with Crippen molar-refractivity contribution < 1.29 is 8.42 Å². The molecule has 0 atom stereocenters. The van der Waals surface area contributed by atoms with Gasteiger partial charge in [0, 0.05) is 30.6 Å². The van der Waals surface area contributed by atoms with E-state index in [2.05, 4.69) is 0 Å². The first-order valence-electron chi connectivity index (χ1n) is 5.13. The number of primary sulfonamides is 1. The Labute approximate surface area is 113 Å². The van der Waals surface area contributed by atoms with Gasteiger partial charge in [-0.1, -0.05) is 24.3 Å². The SMILES string of the molecule is CN(C)c1cccc2c(S(N)(=O)=O)cccc12.Cl. The summed E-state index contributed by atoms with van der Waals surface area (Å²) in [6, 6.07) is 10.6. The van der Waals surface area contributed by atoms with Crippen molar-refractivity contribution in [3.05, 3.63) is 36.4 Å². The number of halogens is 1. The van der Waals surface area contributed by atoms with Gasteiger partial charge in [0.15, 0.2) is 0 Å². The number of anilines is 1. The first-order chi connectivity index (χ1) is 7.91. The quantitative estimate of drug-likeness (QED) is 0.918. The molecule has 2 aromatic carbocycles. The highest BCUT2D eigenvalue weighted by molar-refractivity contribution is 7.89. The van der Waals surface area contributed by atoms with Gasteiger partial charge in [-0.05, 0) is 12.1 Å². The van der Waals surface area contributed by atoms with Crippen LogP contribution < -0.4 is 10.0 Å². The fourth-order valence-electron chi connectivity index (χ4n) is 1.90. The molecule has 0 aliphatic rings. The molecule has 0 aliphatic carbocycles. The van der Waals surface area contributed by atoms with Crippen LogP contribution in [0.25, 0.3) is 10.8 Å². The maximum atomic E-state index is 11.5. The lowest BCUT2D eigenvalue weighted by atomic mass is 10.1. The van der Waals surface area contributed by atoms with Crippen molar-refractivity contribution >= 4 is 38.9 Å². The van der Waals surface area contributed by atoms with Crippen molar-refractivity contribution in [2.45, 2.75) is 4.90 Å². The molecule has 0 spiro atoms. The van der Waals surface area contributed by atoms with E-state index in [0.29, 0.717) is 5.39 Å². The van der Waals surface area contributed by atoms with Gasteiger partial charge in [0.25, 0.3) is 0 Å². The molecule has 0 saturated carbocycles. The smallest absolute Gasteiger partial charge is 0.238 e. The van der Waals surface area contributed by atoms with Crippen molar-refractivity contribution in [3.8, 4) is 0 Å². The highest BCUT2D eigenvalue weighted by atomic mass is 35.5. The summed E-state index contributed by atoms with van der Waals surface area (Å²) in [6.45, 7) is 0. The first-order valence-corrected chi connectivity index (χ1v) is 6.68. The van der Waals surface area contributed by atoms with Crippen LogP contribution in [0.2, 0.25) is 0 Å². The van der Waals surface area contributed by atoms with Crippen LogP contribution in [0.1, 0.15) is 0 Å². The average molecular weight is 287 g/mol. The van der Waals surface area contributed by atoms with E-state index in [4.69, 9.17) is 5.14 Å². The van der Waals surface area contributed by atoms with E-state index in [1.54, 1.807) is 12.1 Å².